The van der Waals surface area contributed by atoms with Crippen LogP contribution in [0.5, 0.6) is 0 Å². The fraction of sp³-hybridized carbons (Fsp3) is 0.190. The minimum atomic E-state index is -2.56. The Hall–Kier alpha value is -6.46. The predicted octanol–water partition coefficient (Wildman–Crippen LogP) is 20.0. The molecule has 0 spiro atoms. The number of unbranched alkanes of at least 4 members (excludes halogenated alkanes) is 1. The van der Waals surface area contributed by atoms with Crippen LogP contribution in [0, 0.1) is 6.92 Å². The van der Waals surface area contributed by atoms with E-state index in [1.807, 2.05) is 75.7 Å². The number of imidazole rings is 2. The van der Waals surface area contributed by atoms with Crippen LogP contribution in [-0.4, -0.2) is 64.3 Å². The van der Waals surface area contributed by atoms with Gasteiger partial charge < -0.3 is 6.92 Å². The average molecular weight is 1530 g/mol. The summed E-state index contributed by atoms with van der Waals surface area (Å²) in [6.45, 7) is 41.3. The molecule has 0 aliphatic carbocycles. The number of nitrogens with zero attached hydrogens (tertiary/aromatic N) is 4. The summed E-state index contributed by atoms with van der Waals surface area (Å²) in [5, 5.41) is 6.72. The predicted molar refractivity (Wildman–Crippen MR) is 462 cm³/mol. The average Bonchev–Trinajstić information content (AvgIpc) is 1.55. The maximum atomic E-state index is 11.3. The normalized spacial score (nSPS) is 12.5. The van der Waals surface area contributed by atoms with Gasteiger partial charge in [0.25, 0.3) is 0 Å². The zero-order valence-corrected chi connectivity index (χ0v) is 70.2. The van der Waals surface area contributed by atoms with E-state index < -0.39 is 37.6 Å². The number of benzene rings is 9. The molecule has 5 nitrogen and oxygen atoms in total. The third-order valence-corrected chi connectivity index (χ3v) is 45.7. The number of halogens is 1. The van der Waals surface area contributed by atoms with Crippen molar-refractivity contribution in [2.45, 2.75) is 98.3 Å². The Kier molecular flexibility index (Phi) is 22.2. The summed E-state index contributed by atoms with van der Waals surface area (Å²) in [6.07, 6.45) is 5.06. The van der Waals surface area contributed by atoms with Crippen molar-refractivity contribution in [1.82, 2.24) is 19.1 Å². The Labute approximate surface area is 632 Å². The molecule has 0 N–H and O–H groups in total. The quantitative estimate of drug-likeness (QED) is 0.0472. The number of hydrogen-bond acceptors (Lipinski definition) is 7. The molecular formula is C84H89BrLiN4OPS4Si4. The Bertz CT molecular complexity index is 5020. The first-order chi connectivity index (χ1) is 47.1. The summed E-state index contributed by atoms with van der Waals surface area (Å²) in [6, 6.07) is 79.8. The van der Waals surface area contributed by atoms with Crippen LogP contribution in [0.4, 0.5) is 0 Å². The number of carbonyl (C=O) groups is 1. The molecule has 0 amide bonds. The summed E-state index contributed by atoms with van der Waals surface area (Å²) >= 11 is 12.3. The summed E-state index contributed by atoms with van der Waals surface area (Å²) < 4.78 is 16.5. The Morgan fingerprint density at radius 2 is 0.710 bits per heavy atom. The first-order valence-electron chi connectivity index (χ1n) is 34.1. The molecule has 15 rings (SSSR count). The standard InChI is InChI=1S/C31H32N2S2Si2.C30H30N2OS2Si2.C19H18BrP.C4H9.Li/c1-8-20-14-16-21(17-15-20)31-32-27-23-18-25(36(2,3)4)34-29(23)30-24(19-26(35-30)37(5,6)7)28(27)33(31)22-12-10-9-11-13-22;1-36(2,3)24-16-22-26-27(23-17-25(37(4,5)6)35-29(23)28(22)34-24)32(21-10-8-7-9-11-21)30(31-26)20-14-12-19(18-33)13-15-20;1-21(20,17-11-5-2-6-12-17,18-13-7-3-8-14-18)19-15-9-4-10-16-19;1-3-4-2;/h8-19H,1H2,2-7H3;7-18H,1-6H3;2-16H,1H3;1,3-4H2,2H3;/q;;;-1;+1. The van der Waals surface area contributed by atoms with Gasteiger partial charge in [-0.25, -0.2) is 9.97 Å². The molecule has 100 heavy (non-hydrogen) atoms. The van der Waals surface area contributed by atoms with E-state index in [4.69, 9.17) is 9.97 Å². The van der Waals surface area contributed by atoms with E-state index in [9.17, 15) is 4.79 Å². The van der Waals surface area contributed by atoms with Gasteiger partial charge in [-0.3, -0.25) is 13.9 Å². The number of fused-ring (bicyclic) bond motifs is 12. The van der Waals surface area contributed by atoms with Crippen molar-refractivity contribution in [2.24, 2.45) is 0 Å². The van der Waals surface area contributed by atoms with Crippen LogP contribution < -0.4 is 52.8 Å². The second-order valence-corrected chi connectivity index (χ2v) is 65.4. The van der Waals surface area contributed by atoms with E-state index in [0.29, 0.717) is 5.56 Å². The summed E-state index contributed by atoms with van der Waals surface area (Å²) in [5.74, 6) is 1.90. The van der Waals surface area contributed by atoms with E-state index in [1.54, 1.807) is 9.00 Å². The van der Waals surface area contributed by atoms with Crippen LogP contribution >= 0.6 is 66.1 Å². The molecule has 0 bridgehead atoms. The monoisotopic (exact) mass is 1530 g/mol. The number of hydrogen-bond donors (Lipinski definition) is 0. The fourth-order valence-electron chi connectivity index (χ4n) is 12.5. The van der Waals surface area contributed by atoms with Gasteiger partial charge in [0.15, 0.2) is 0 Å². The Morgan fingerprint density at radius 3 is 0.980 bits per heavy atom. The van der Waals surface area contributed by atoms with Crippen LogP contribution in [0.1, 0.15) is 35.7 Å². The maximum Gasteiger partial charge on any atom is 1.00 e. The molecule has 9 aromatic carbocycles. The summed E-state index contributed by atoms with van der Waals surface area (Å²) in [5.41, 5.74) is 10.8. The van der Waals surface area contributed by atoms with Crippen LogP contribution in [0.25, 0.3) is 103 Å². The topological polar surface area (TPSA) is 52.7 Å². The molecule has 0 unspecified atom stereocenters. The van der Waals surface area contributed by atoms with Gasteiger partial charge >= 0.3 is 153 Å². The van der Waals surface area contributed by atoms with E-state index in [0.717, 1.165) is 63.5 Å². The number of carbonyl (C=O) groups excluding carboxylic acids is 1. The van der Waals surface area contributed by atoms with Gasteiger partial charge in [0.05, 0.1) is 73.2 Å². The summed E-state index contributed by atoms with van der Waals surface area (Å²) in [7, 11) is -5.99. The van der Waals surface area contributed by atoms with Crippen LogP contribution in [0.2, 0.25) is 78.6 Å². The van der Waals surface area contributed by atoms with Crippen LogP contribution in [0.15, 0.2) is 231 Å². The third-order valence-electron chi connectivity index (χ3n) is 18.3. The van der Waals surface area contributed by atoms with Crippen molar-refractivity contribution >= 4 is 207 Å². The molecule has 0 aliphatic rings. The van der Waals surface area contributed by atoms with Gasteiger partial charge in [-0.2, -0.15) is 6.42 Å². The molecule has 6 heterocycles. The van der Waals surface area contributed by atoms with Gasteiger partial charge in [0.1, 0.15) is 17.9 Å². The molecule has 504 valence electrons. The number of thiophene rings is 4. The molecule has 0 saturated heterocycles. The largest absolute Gasteiger partial charge is 1.00 e. The van der Waals surface area contributed by atoms with E-state index in [2.05, 4.69) is 330 Å². The summed E-state index contributed by atoms with van der Waals surface area (Å²) in [4.78, 5) is 22.1. The van der Waals surface area contributed by atoms with Crippen molar-refractivity contribution < 1.29 is 23.7 Å². The van der Waals surface area contributed by atoms with Crippen molar-refractivity contribution in [3.63, 3.8) is 0 Å². The van der Waals surface area contributed by atoms with Crippen molar-refractivity contribution in [3.8, 4) is 34.2 Å². The van der Waals surface area contributed by atoms with Crippen LogP contribution in [0.3, 0.4) is 0 Å². The number of aromatic nitrogens is 4. The van der Waals surface area contributed by atoms with E-state index >= 15 is 0 Å². The zero-order chi connectivity index (χ0) is 70.4. The molecule has 0 radical (unpaired) electrons. The molecule has 0 aliphatic heterocycles. The van der Waals surface area contributed by atoms with E-state index in [-0.39, 0.29) is 18.9 Å². The van der Waals surface area contributed by atoms with Crippen molar-refractivity contribution in [1.29, 1.82) is 0 Å². The van der Waals surface area contributed by atoms with Gasteiger partial charge in [-0.1, -0.05) is 189 Å². The molecule has 6 aromatic heterocycles. The molecule has 0 fully saturated rings. The smallest absolute Gasteiger partial charge is 0.343 e. The van der Waals surface area contributed by atoms with Gasteiger partial charge in [-0.05, 0) is 72.1 Å². The van der Waals surface area contributed by atoms with Crippen molar-refractivity contribution in [3.05, 3.63) is 249 Å². The minimum absolute atomic E-state index is 0. The SMILES string of the molecule is C=Cc1ccc(-c2nc3c4cc([Si](C)(C)C)sc4c4sc([Si](C)(C)C)cc4c3n2-c2ccccc2)cc1.CP(Br)(c1ccccc1)(c1ccccc1)c1ccccc1.C[Si](C)(C)c1cc2c3nc(-c4ccc(C=O)cc4)n(-c4ccccc4)c3c3cc([Si](C)(C)C)sc3c2s1.[CH2-]CCC.[Li+]. The fourth-order valence-corrected chi connectivity index (χ4v) is 30.5. The van der Waals surface area contributed by atoms with Gasteiger partial charge in [-0.15, -0.1) is 45.3 Å². The van der Waals surface area contributed by atoms with Gasteiger partial charge in [0, 0.05) is 49.6 Å². The van der Waals surface area contributed by atoms with E-state index in [1.165, 1.54) is 82.7 Å². The Morgan fingerprint density at radius 1 is 0.440 bits per heavy atom. The maximum absolute atomic E-state index is 11.3. The molecule has 0 atom stereocenters. The number of rotatable bonds is 14. The van der Waals surface area contributed by atoms with Crippen molar-refractivity contribution in [2.75, 3.05) is 6.66 Å². The molecule has 0 saturated carbocycles. The molecule has 16 heteroatoms. The number of para-hydroxylation sites is 2. The minimum Gasteiger partial charge on any atom is -0.343 e. The first kappa shape index (κ1) is 74.7. The third kappa shape index (κ3) is 14.6. The molecule has 15 aromatic rings. The van der Waals surface area contributed by atoms with Crippen LogP contribution in [-0.2, 0) is 0 Å². The molecular weight excluding hydrogens is 1440 g/mol. The Balaban J connectivity index is 0.000000152. The second-order valence-electron chi connectivity index (χ2n) is 29.9. The first-order valence-corrected chi connectivity index (χ1v) is 56.1. The second kappa shape index (κ2) is 29.7. The van der Waals surface area contributed by atoms with Gasteiger partial charge in [0.2, 0.25) is 0 Å². The number of aldehydes is 1. The zero-order valence-electron chi connectivity index (χ0n) is 60.5.